The number of nitrogens with zero attached hydrogens (tertiary/aromatic N) is 2. The number of imidazole rings is 1. The van der Waals surface area contributed by atoms with E-state index in [9.17, 15) is 4.79 Å². The van der Waals surface area contributed by atoms with E-state index >= 15 is 0 Å². The van der Waals surface area contributed by atoms with E-state index in [2.05, 4.69) is 35.1 Å². The fourth-order valence-corrected chi connectivity index (χ4v) is 3.17. The number of fused-ring (bicyclic) bond motifs is 1. The molecule has 2 aromatic rings. The molecule has 1 atom stereocenters. The molecule has 5 nitrogen and oxygen atoms in total. The second kappa shape index (κ2) is 6.48. The molecule has 1 aromatic heterocycles. The number of hydrogen-bond acceptors (Lipinski definition) is 3. The van der Waals surface area contributed by atoms with Crippen molar-refractivity contribution in [2.24, 2.45) is 5.92 Å². The molecule has 0 saturated carbocycles. The molecule has 3 rings (SSSR count). The van der Waals surface area contributed by atoms with Gasteiger partial charge in [0.1, 0.15) is 5.82 Å². The second-order valence-corrected chi connectivity index (χ2v) is 6.21. The van der Waals surface area contributed by atoms with Crippen molar-refractivity contribution >= 4 is 16.9 Å². The lowest BCUT2D eigenvalue weighted by Gasteiger charge is -2.14. The van der Waals surface area contributed by atoms with Gasteiger partial charge in [0.15, 0.2) is 0 Å². The highest BCUT2D eigenvalue weighted by atomic mass is 16.1. The topological polar surface area (TPSA) is 59.0 Å². The molecule has 22 heavy (non-hydrogen) atoms. The van der Waals surface area contributed by atoms with Crippen LogP contribution in [0.4, 0.5) is 0 Å². The Bertz CT molecular complexity index is 656. The predicted octanol–water partition coefficient (Wildman–Crippen LogP) is 1.89. The number of para-hydroxylation sites is 2. The molecule has 1 fully saturated rings. The van der Waals surface area contributed by atoms with E-state index in [1.165, 1.54) is 5.52 Å². The minimum atomic E-state index is 0.129. The Hall–Kier alpha value is -1.88. The van der Waals surface area contributed by atoms with E-state index in [4.69, 9.17) is 4.98 Å². The Morgan fingerprint density at radius 1 is 1.45 bits per heavy atom. The quantitative estimate of drug-likeness (QED) is 0.886. The van der Waals surface area contributed by atoms with E-state index in [0.717, 1.165) is 37.3 Å². The second-order valence-electron chi connectivity index (χ2n) is 6.21. The van der Waals surface area contributed by atoms with Gasteiger partial charge in [0.2, 0.25) is 5.91 Å². The monoisotopic (exact) mass is 300 g/mol. The fourth-order valence-electron chi connectivity index (χ4n) is 3.17. The lowest BCUT2D eigenvalue weighted by atomic mass is 10.1. The van der Waals surface area contributed by atoms with Crippen LogP contribution in [0.3, 0.4) is 0 Å². The average Bonchev–Trinajstić information content (AvgIpc) is 3.14. The van der Waals surface area contributed by atoms with Crippen LogP contribution in [0.15, 0.2) is 24.3 Å². The summed E-state index contributed by atoms with van der Waals surface area (Å²) in [5.74, 6) is 1.34. The van der Waals surface area contributed by atoms with Crippen LogP contribution in [0.2, 0.25) is 0 Å². The van der Waals surface area contributed by atoms with Gasteiger partial charge in [-0.3, -0.25) is 4.79 Å². The molecule has 1 aliphatic rings. The Balaban J connectivity index is 1.68. The van der Waals surface area contributed by atoms with Crippen LogP contribution in [0, 0.1) is 5.92 Å². The molecule has 118 valence electrons. The summed E-state index contributed by atoms with van der Waals surface area (Å²) in [7, 11) is 0. The normalized spacial score (nSPS) is 18.2. The third-order valence-electron chi connectivity index (χ3n) is 4.26. The van der Waals surface area contributed by atoms with Crippen molar-refractivity contribution in [1.82, 2.24) is 20.2 Å². The van der Waals surface area contributed by atoms with Crippen LogP contribution in [0.5, 0.6) is 0 Å². The lowest BCUT2D eigenvalue weighted by Crippen LogP contribution is -2.33. The summed E-state index contributed by atoms with van der Waals surface area (Å²) < 4.78 is 2.26. The Morgan fingerprint density at radius 2 is 2.27 bits per heavy atom. The summed E-state index contributed by atoms with van der Waals surface area (Å²) in [6, 6.07) is 8.56. The molecular weight excluding hydrogens is 276 g/mol. The number of hydrogen-bond donors (Lipinski definition) is 2. The zero-order valence-electron chi connectivity index (χ0n) is 13.3. The first kappa shape index (κ1) is 15.0. The third-order valence-corrected chi connectivity index (χ3v) is 4.26. The van der Waals surface area contributed by atoms with Gasteiger partial charge in [0.05, 0.1) is 17.0 Å². The number of amides is 1. The highest BCUT2D eigenvalue weighted by Gasteiger charge is 2.22. The Kier molecular flexibility index (Phi) is 4.43. The summed E-state index contributed by atoms with van der Waals surface area (Å²) in [5.41, 5.74) is 2.19. The molecule has 1 aliphatic heterocycles. The van der Waals surface area contributed by atoms with E-state index in [0.29, 0.717) is 12.6 Å². The van der Waals surface area contributed by atoms with Gasteiger partial charge >= 0.3 is 0 Å². The minimum absolute atomic E-state index is 0.129. The predicted molar refractivity (Wildman–Crippen MR) is 87.8 cm³/mol. The van der Waals surface area contributed by atoms with Crippen LogP contribution in [-0.2, 0) is 11.2 Å². The SMILES string of the molecule is CC(C)n1c(CCNC(=O)C2CCNC2)nc2ccccc21. The molecule has 1 amide bonds. The molecule has 0 bridgehead atoms. The van der Waals surface area contributed by atoms with Crippen molar-refractivity contribution in [3.63, 3.8) is 0 Å². The molecule has 2 N–H and O–H groups in total. The van der Waals surface area contributed by atoms with Gasteiger partial charge in [-0.25, -0.2) is 4.98 Å². The molecule has 0 spiro atoms. The molecule has 5 heteroatoms. The molecule has 1 unspecified atom stereocenters. The van der Waals surface area contributed by atoms with Crippen LogP contribution in [-0.4, -0.2) is 35.1 Å². The summed E-state index contributed by atoms with van der Waals surface area (Å²) in [5, 5.41) is 6.28. The molecular formula is C17H24N4O. The number of benzene rings is 1. The van der Waals surface area contributed by atoms with Crippen LogP contribution in [0.25, 0.3) is 11.0 Å². The van der Waals surface area contributed by atoms with Crippen LogP contribution in [0.1, 0.15) is 32.1 Å². The van der Waals surface area contributed by atoms with Gasteiger partial charge < -0.3 is 15.2 Å². The Morgan fingerprint density at radius 3 is 3.00 bits per heavy atom. The summed E-state index contributed by atoms with van der Waals surface area (Å²) in [4.78, 5) is 16.8. The maximum atomic E-state index is 12.0. The minimum Gasteiger partial charge on any atom is -0.355 e. The average molecular weight is 300 g/mol. The van der Waals surface area contributed by atoms with Gasteiger partial charge in [-0.2, -0.15) is 0 Å². The first-order valence-electron chi connectivity index (χ1n) is 8.11. The first-order chi connectivity index (χ1) is 10.7. The summed E-state index contributed by atoms with van der Waals surface area (Å²) in [6.07, 6.45) is 1.70. The largest absolute Gasteiger partial charge is 0.355 e. The van der Waals surface area contributed by atoms with E-state index in [1.807, 2.05) is 18.2 Å². The van der Waals surface area contributed by atoms with E-state index in [1.54, 1.807) is 0 Å². The number of carbonyl (C=O) groups is 1. The molecule has 0 radical (unpaired) electrons. The maximum absolute atomic E-state index is 12.0. The number of aromatic nitrogens is 2. The van der Waals surface area contributed by atoms with Gasteiger partial charge in [-0.15, -0.1) is 0 Å². The molecule has 1 aromatic carbocycles. The van der Waals surface area contributed by atoms with Crippen molar-refractivity contribution in [3.8, 4) is 0 Å². The van der Waals surface area contributed by atoms with Crippen molar-refractivity contribution in [3.05, 3.63) is 30.1 Å². The van der Waals surface area contributed by atoms with Crippen LogP contribution >= 0.6 is 0 Å². The number of nitrogens with one attached hydrogen (secondary N) is 2. The van der Waals surface area contributed by atoms with Crippen molar-refractivity contribution in [2.75, 3.05) is 19.6 Å². The fraction of sp³-hybridized carbons (Fsp3) is 0.529. The third kappa shape index (κ3) is 2.99. The highest BCUT2D eigenvalue weighted by molar-refractivity contribution is 5.79. The molecule has 2 heterocycles. The van der Waals surface area contributed by atoms with Gasteiger partial charge in [0.25, 0.3) is 0 Å². The molecule has 0 aliphatic carbocycles. The van der Waals surface area contributed by atoms with E-state index < -0.39 is 0 Å². The highest BCUT2D eigenvalue weighted by Crippen LogP contribution is 2.21. The number of carbonyl (C=O) groups excluding carboxylic acids is 1. The zero-order valence-corrected chi connectivity index (χ0v) is 13.3. The van der Waals surface area contributed by atoms with Gasteiger partial charge in [0, 0.05) is 25.6 Å². The van der Waals surface area contributed by atoms with Gasteiger partial charge in [-0.1, -0.05) is 12.1 Å². The van der Waals surface area contributed by atoms with E-state index in [-0.39, 0.29) is 11.8 Å². The van der Waals surface area contributed by atoms with Crippen molar-refractivity contribution in [2.45, 2.75) is 32.7 Å². The van der Waals surface area contributed by atoms with Crippen molar-refractivity contribution < 1.29 is 4.79 Å². The standard InChI is InChI=1S/C17H24N4O/c1-12(2)21-15-6-4-3-5-14(15)20-16(21)8-10-19-17(22)13-7-9-18-11-13/h3-6,12-13,18H,7-11H2,1-2H3,(H,19,22). The first-order valence-corrected chi connectivity index (χ1v) is 8.11. The summed E-state index contributed by atoms with van der Waals surface area (Å²) in [6.45, 7) is 6.73. The summed E-state index contributed by atoms with van der Waals surface area (Å²) >= 11 is 0. The zero-order chi connectivity index (χ0) is 15.5. The number of rotatable bonds is 5. The Labute approximate surface area is 131 Å². The molecule has 1 saturated heterocycles. The maximum Gasteiger partial charge on any atom is 0.224 e. The smallest absolute Gasteiger partial charge is 0.224 e. The lowest BCUT2D eigenvalue weighted by molar-refractivity contribution is -0.124. The van der Waals surface area contributed by atoms with Crippen molar-refractivity contribution in [1.29, 1.82) is 0 Å². The van der Waals surface area contributed by atoms with Crippen LogP contribution < -0.4 is 10.6 Å². The van der Waals surface area contributed by atoms with Gasteiger partial charge in [-0.05, 0) is 38.9 Å².